The molecule has 46 heavy (non-hydrogen) atoms. The summed E-state index contributed by atoms with van der Waals surface area (Å²) in [6.45, 7) is 0.417. The molecule has 1 aliphatic carbocycles. The summed E-state index contributed by atoms with van der Waals surface area (Å²) in [5.41, 5.74) is 15.0. The number of carbonyl (C=O) groups is 2. The number of rotatable bonds is 9. The van der Waals surface area contributed by atoms with Gasteiger partial charge in [0.2, 0.25) is 5.82 Å². The van der Waals surface area contributed by atoms with Gasteiger partial charge in [0.05, 0.1) is 6.04 Å². The number of aromatic amines is 1. The maximum atomic E-state index is 13.4. The molecule has 230 valence electrons. The standard InChI is InChI=1S/C30H26N12O4/c31-22-11-23-35-20(29(45)36-19-7-5-16-9-17(4-6-18(16)19)28-37-40-41-38-28)10-21(42(23)39-22)30(46)34-13-15-3-1-2-14(8-15)12-33-25-24(32)26(43)27(25)44/h1-4,6,8-11,19,33H,5,7,12-13,32H2,(H2,31,39)(H,34,46)(H,36,45)(H,37,38,40,41)/t19-/m0/s1. The van der Waals surface area contributed by atoms with E-state index in [-0.39, 0.29) is 53.4 Å². The molecule has 7 rings (SSSR count). The molecule has 16 nitrogen and oxygen atoms in total. The van der Waals surface area contributed by atoms with Crippen LogP contribution in [0.2, 0.25) is 0 Å². The first-order valence-corrected chi connectivity index (χ1v) is 14.3. The Labute approximate surface area is 258 Å². The maximum absolute atomic E-state index is 13.4. The van der Waals surface area contributed by atoms with Crippen molar-refractivity contribution in [2.75, 3.05) is 16.8 Å². The minimum absolute atomic E-state index is 0.0417. The van der Waals surface area contributed by atoms with E-state index in [1.807, 2.05) is 36.4 Å². The number of nitrogens with one attached hydrogen (secondary N) is 4. The van der Waals surface area contributed by atoms with Crippen LogP contribution in [-0.2, 0) is 19.5 Å². The number of tetrazole rings is 1. The van der Waals surface area contributed by atoms with Gasteiger partial charge in [0, 0.05) is 30.8 Å². The molecule has 0 saturated heterocycles. The van der Waals surface area contributed by atoms with E-state index in [1.54, 1.807) is 6.07 Å². The van der Waals surface area contributed by atoms with Gasteiger partial charge in [0.1, 0.15) is 28.6 Å². The number of nitrogens with two attached hydrogens (primary N) is 2. The van der Waals surface area contributed by atoms with E-state index >= 15 is 0 Å². The third-order valence-electron chi connectivity index (χ3n) is 7.90. The molecule has 8 N–H and O–H groups in total. The van der Waals surface area contributed by atoms with Crippen molar-refractivity contribution in [3.63, 3.8) is 0 Å². The molecule has 0 saturated carbocycles. The number of anilines is 3. The normalized spacial score (nSPS) is 14.0. The molecular formula is C30H26N12O4. The van der Waals surface area contributed by atoms with E-state index in [0.717, 1.165) is 34.2 Å². The van der Waals surface area contributed by atoms with Crippen molar-refractivity contribution in [3.8, 4) is 11.4 Å². The van der Waals surface area contributed by atoms with Crippen molar-refractivity contribution in [1.82, 2.24) is 45.9 Å². The molecule has 3 aromatic carbocycles. The molecular weight excluding hydrogens is 592 g/mol. The maximum Gasteiger partial charge on any atom is 0.270 e. The van der Waals surface area contributed by atoms with Gasteiger partial charge in [-0.15, -0.1) is 15.3 Å². The third-order valence-corrected chi connectivity index (χ3v) is 7.90. The molecule has 0 unspecified atom stereocenters. The zero-order chi connectivity index (χ0) is 31.9. The highest BCUT2D eigenvalue weighted by Crippen LogP contribution is 2.33. The highest BCUT2D eigenvalue weighted by molar-refractivity contribution is 5.98. The fraction of sp³-hybridized carbons (Fsp3) is 0.167. The molecule has 3 heterocycles. The Kier molecular flexibility index (Phi) is 6.92. The van der Waals surface area contributed by atoms with Crippen molar-refractivity contribution in [2.24, 2.45) is 0 Å². The van der Waals surface area contributed by atoms with Gasteiger partial charge in [-0.25, -0.2) is 9.50 Å². The lowest BCUT2D eigenvalue weighted by atomic mass is 10.0. The second kappa shape index (κ2) is 11.2. The number of aryl methyl sites for hydroxylation is 1. The number of fused-ring (bicyclic) bond motifs is 2. The van der Waals surface area contributed by atoms with E-state index in [2.05, 4.69) is 46.7 Å². The zero-order valence-corrected chi connectivity index (χ0v) is 24.1. The van der Waals surface area contributed by atoms with E-state index in [1.165, 1.54) is 16.6 Å². The monoisotopic (exact) mass is 618 g/mol. The first kappa shape index (κ1) is 28.3. The van der Waals surface area contributed by atoms with E-state index in [9.17, 15) is 19.2 Å². The summed E-state index contributed by atoms with van der Waals surface area (Å²) in [6, 6.07) is 15.7. The molecule has 0 radical (unpaired) electrons. The fourth-order valence-corrected chi connectivity index (χ4v) is 5.59. The van der Waals surface area contributed by atoms with Crippen LogP contribution < -0.4 is 38.3 Å². The topological polar surface area (TPSA) is 241 Å². The minimum Gasteiger partial charge on any atom is -0.394 e. The average molecular weight is 619 g/mol. The van der Waals surface area contributed by atoms with Crippen molar-refractivity contribution < 1.29 is 9.59 Å². The van der Waals surface area contributed by atoms with Gasteiger partial charge >= 0.3 is 0 Å². The molecule has 6 aromatic rings. The van der Waals surface area contributed by atoms with Crippen molar-refractivity contribution in [1.29, 1.82) is 0 Å². The van der Waals surface area contributed by atoms with Gasteiger partial charge < -0.3 is 27.4 Å². The van der Waals surface area contributed by atoms with Crippen LogP contribution in [0.4, 0.5) is 17.2 Å². The fourth-order valence-electron chi connectivity index (χ4n) is 5.59. The minimum atomic E-state index is -0.691. The second-order valence-electron chi connectivity index (χ2n) is 10.9. The SMILES string of the molecule is Nc1cc2nc(C(=O)N[C@H]3CCc4cc(-c5nn[nH]n5)ccc43)cc(C(=O)NCc3cccc(CNc4c(N)c(=O)c4=O)c3)n2n1. The van der Waals surface area contributed by atoms with E-state index in [4.69, 9.17) is 11.5 Å². The Balaban J connectivity index is 1.06. The predicted molar refractivity (Wildman–Crippen MR) is 166 cm³/mol. The van der Waals surface area contributed by atoms with Crippen LogP contribution in [0.5, 0.6) is 0 Å². The summed E-state index contributed by atoms with van der Waals surface area (Å²) >= 11 is 0. The Morgan fingerprint density at radius 1 is 0.978 bits per heavy atom. The lowest BCUT2D eigenvalue weighted by Gasteiger charge is -2.15. The second-order valence-corrected chi connectivity index (χ2v) is 10.9. The number of benzene rings is 2. The molecule has 0 aliphatic heterocycles. The number of nitrogens with zero attached hydrogens (tertiary/aromatic N) is 6. The van der Waals surface area contributed by atoms with Crippen LogP contribution in [0.1, 0.15) is 55.7 Å². The zero-order valence-electron chi connectivity index (χ0n) is 24.1. The summed E-state index contributed by atoms with van der Waals surface area (Å²) in [4.78, 5) is 54.3. The first-order chi connectivity index (χ1) is 22.2. The Morgan fingerprint density at radius 3 is 2.59 bits per heavy atom. The van der Waals surface area contributed by atoms with Crippen molar-refractivity contribution in [2.45, 2.75) is 32.0 Å². The number of nitrogen functional groups attached to an aromatic ring is 2. The summed E-state index contributed by atoms with van der Waals surface area (Å²) < 4.78 is 1.29. The van der Waals surface area contributed by atoms with Crippen LogP contribution in [-0.4, -0.2) is 47.0 Å². The summed E-state index contributed by atoms with van der Waals surface area (Å²) in [5.74, 6) is -0.306. The van der Waals surface area contributed by atoms with Crippen molar-refractivity contribution in [3.05, 3.63) is 109 Å². The lowest BCUT2D eigenvalue weighted by molar-refractivity contribution is 0.0931. The largest absolute Gasteiger partial charge is 0.394 e. The number of carbonyl (C=O) groups excluding carboxylic acids is 2. The highest BCUT2D eigenvalue weighted by atomic mass is 16.2. The Bertz CT molecular complexity index is 2220. The van der Waals surface area contributed by atoms with Crippen LogP contribution >= 0.6 is 0 Å². The highest BCUT2D eigenvalue weighted by Gasteiger charge is 2.27. The number of aromatic nitrogens is 7. The van der Waals surface area contributed by atoms with Crippen LogP contribution in [0, 0.1) is 0 Å². The predicted octanol–water partition coefficient (Wildman–Crippen LogP) is 0.629. The molecule has 3 aromatic heterocycles. The smallest absolute Gasteiger partial charge is 0.270 e. The lowest BCUT2D eigenvalue weighted by Crippen LogP contribution is -2.36. The van der Waals surface area contributed by atoms with Gasteiger partial charge in [-0.05, 0) is 46.4 Å². The third kappa shape index (κ3) is 5.17. The van der Waals surface area contributed by atoms with Gasteiger partial charge in [-0.2, -0.15) is 5.21 Å². The van der Waals surface area contributed by atoms with Gasteiger partial charge in [0.25, 0.3) is 22.7 Å². The molecule has 16 heteroatoms. The van der Waals surface area contributed by atoms with E-state index in [0.29, 0.717) is 12.2 Å². The molecule has 1 aliphatic rings. The molecule has 1 atom stereocenters. The molecule has 0 bridgehead atoms. The number of amides is 2. The summed E-state index contributed by atoms with van der Waals surface area (Å²) in [7, 11) is 0. The Hall–Kier alpha value is -6.45. The van der Waals surface area contributed by atoms with Gasteiger partial charge in [-0.1, -0.05) is 36.4 Å². The Morgan fingerprint density at radius 2 is 1.80 bits per heavy atom. The average Bonchev–Trinajstić information content (AvgIpc) is 3.83. The van der Waals surface area contributed by atoms with Gasteiger partial charge in [0.15, 0.2) is 5.65 Å². The summed E-state index contributed by atoms with van der Waals surface area (Å²) in [5, 5.41) is 27.1. The molecule has 0 fully saturated rings. The first-order valence-electron chi connectivity index (χ1n) is 14.3. The number of H-pyrrole nitrogens is 1. The van der Waals surface area contributed by atoms with Gasteiger partial charge in [-0.3, -0.25) is 19.2 Å². The van der Waals surface area contributed by atoms with Crippen LogP contribution in [0.3, 0.4) is 0 Å². The quantitative estimate of drug-likeness (QED) is 0.122. The van der Waals surface area contributed by atoms with Crippen LogP contribution in [0.15, 0.2) is 64.2 Å². The molecule has 2 amide bonds. The number of hydrogen-bond acceptors (Lipinski definition) is 12. The van der Waals surface area contributed by atoms with E-state index < -0.39 is 22.7 Å². The summed E-state index contributed by atoms with van der Waals surface area (Å²) in [6.07, 6.45) is 1.45. The number of hydrogen-bond donors (Lipinski definition) is 6. The van der Waals surface area contributed by atoms with Crippen LogP contribution in [0.25, 0.3) is 17.0 Å². The van der Waals surface area contributed by atoms with Crippen molar-refractivity contribution >= 4 is 34.7 Å². The molecule has 0 spiro atoms.